The zero-order chi connectivity index (χ0) is 13.3. The highest BCUT2D eigenvalue weighted by Gasteiger charge is 2.39. The van der Waals surface area contributed by atoms with Gasteiger partial charge in [0.15, 0.2) is 0 Å². The van der Waals surface area contributed by atoms with E-state index in [1.54, 1.807) is 6.07 Å². The van der Waals surface area contributed by atoms with Crippen LogP contribution in [0.4, 0.5) is 5.69 Å². The van der Waals surface area contributed by atoms with E-state index in [1.807, 2.05) is 19.1 Å². The number of carbonyl (C=O) groups excluding carboxylic acids is 1. The molecule has 1 fully saturated rings. The van der Waals surface area contributed by atoms with Crippen molar-refractivity contribution in [3.05, 3.63) is 28.8 Å². The largest absolute Gasteiger partial charge is 0.392 e. The first-order valence-corrected chi connectivity index (χ1v) is 6.29. The topological polar surface area (TPSA) is 66.6 Å². The third-order valence-corrected chi connectivity index (χ3v) is 4.02. The average molecular weight is 269 g/mol. The number of aliphatic hydroxyl groups excluding tert-OH is 1. The fourth-order valence-electron chi connectivity index (χ4n) is 2.37. The van der Waals surface area contributed by atoms with Crippen LogP contribution in [0.5, 0.6) is 0 Å². The Morgan fingerprint density at radius 2 is 2.33 bits per heavy atom. The van der Waals surface area contributed by atoms with Gasteiger partial charge < -0.3 is 15.7 Å². The van der Waals surface area contributed by atoms with Gasteiger partial charge in [-0.3, -0.25) is 4.79 Å². The van der Waals surface area contributed by atoms with Crippen LogP contribution < -0.4 is 10.6 Å². The highest BCUT2D eigenvalue weighted by molar-refractivity contribution is 6.31. The number of rotatable bonds is 3. The summed E-state index contributed by atoms with van der Waals surface area (Å²) in [6.07, 6.45) is 0.722. The molecule has 1 saturated heterocycles. The first kappa shape index (κ1) is 13.2. The molecule has 1 aliphatic heterocycles. The summed E-state index contributed by atoms with van der Waals surface area (Å²) in [6, 6.07) is 5.50. The number of halogens is 1. The smallest absolute Gasteiger partial charge is 0.225 e. The minimum atomic E-state index is -0.505. The molecule has 0 radical (unpaired) electrons. The minimum absolute atomic E-state index is 0.112. The molecule has 1 aliphatic rings. The SMILES string of the molecule is CC1(C(N)=O)CCN(c2cccc(Cl)c2CO)C1. The second-order valence-corrected chi connectivity index (χ2v) is 5.40. The molecule has 0 saturated carbocycles. The average Bonchev–Trinajstić information content (AvgIpc) is 2.73. The molecule has 98 valence electrons. The molecular formula is C13H17ClN2O2. The molecule has 18 heavy (non-hydrogen) atoms. The monoisotopic (exact) mass is 268 g/mol. The van der Waals surface area contributed by atoms with Crippen LogP contribution in [-0.2, 0) is 11.4 Å². The van der Waals surface area contributed by atoms with E-state index in [2.05, 4.69) is 4.90 Å². The van der Waals surface area contributed by atoms with Gasteiger partial charge in [0.2, 0.25) is 5.91 Å². The number of aliphatic hydroxyl groups is 1. The van der Waals surface area contributed by atoms with Crippen LogP contribution in [0.15, 0.2) is 18.2 Å². The highest BCUT2D eigenvalue weighted by atomic mass is 35.5. The van der Waals surface area contributed by atoms with E-state index in [9.17, 15) is 9.90 Å². The van der Waals surface area contributed by atoms with Gasteiger partial charge in [-0.1, -0.05) is 17.7 Å². The highest BCUT2D eigenvalue weighted by Crippen LogP contribution is 2.36. The van der Waals surface area contributed by atoms with Crippen LogP contribution in [0.25, 0.3) is 0 Å². The van der Waals surface area contributed by atoms with Crippen molar-refractivity contribution in [3.63, 3.8) is 0 Å². The second kappa shape index (κ2) is 4.78. The first-order chi connectivity index (χ1) is 8.48. The number of carbonyl (C=O) groups is 1. The Bertz CT molecular complexity index is 478. The Hall–Kier alpha value is -1.26. The van der Waals surface area contributed by atoms with Gasteiger partial charge in [-0.15, -0.1) is 0 Å². The Labute approximate surface area is 111 Å². The number of anilines is 1. The quantitative estimate of drug-likeness (QED) is 0.874. The van der Waals surface area contributed by atoms with Gasteiger partial charge in [-0.25, -0.2) is 0 Å². The van der Waals surface area contributed by atoms with Crippen molar-refractivity contribution in [1.82, 2.24) is 0 Å². The lowest BCUT2D eigenvalue weighted by Crippen LogP contribution is -2.37. The normalized spacial score (nSPS) is 23.4. The third-order valence-electron chi connectivity index (χ3n) is 3.66. The molecule has 4 nitrogen and oxygen atoms in total. The zero-order valence-electron chi connectivity index (χ0n) is 10.3. The number of nitrogens with zero attached hydrogens (tertiary/aromatic N) is 1. The summed E-state index contributed by atoms with van der Waals surface area (Å²) in [5.41, 5.74) is 6.51. The molecular weight excluding hydrogens is 252 g/mol. The molecule has 0 aromatic heterocycles. The molecule has 2 rings (SSSR count). The maximum Gasteiger partial charge on any atom is 0.225 e. The molecule has 1 heterocycles. The van der Waals surface area contributed by atoms with Crippen LogP contribution in [0.2, 0.25) is 5.02 Å². The second-order valence-electron chi connectivity index (χ2n) is 4.99. The standard InChI is InChI=1S/C13H17ClN2O2/c1-13(12(15)18)5-6-16(8-13)11-4-2-3-10(14)9(11)7-17/h2-4,17H,5-8H2,1H3,(H2,15,18). The molecule has 1 amide bonds. The van der Waals surface area contributed by atoms with E-state index in [0.717, 1.165) is 18.7 Å². The molecule has 3 N–H and O–H groups in total. The zero-order valence-corrected chi connectivity index (χ0v) is 11.1. The predicted octanol–water partition coefficient (Wildman–Crippen LogP) is 1.53. The molecule has 1 aromatic carbocycles. The van der Waals surface area contributed by atoms with Crippen LogP contribution in [0, 0.1) is 5.41 Å². The van der Waals surface area contributed by atoms with Gasteiger partial charge in [-0.2, -0.15) is 0 Å². The maximum absolute atomic E-state index is 11.4. The number of amides is 1. The summed E-state index contributed by atoms with van der Waals surface area (Å²) in [5.74, 6) is -0.280. The Kier molecular flexibility index (Phi) is 3.50. The Balaban J connectivity index is 2.30. The summed E-state index contributed by atoms with van der Waals surface area (Å²) in [5, 5.41) is 9.94. The van der Waals surface area contributed by atoms with E-state index in [1.165, 1.54) is 0 Å². The fourth-order valence-corrected chi connectivity index (χ4v) is 2.60. The van der Waals surface area contributed by atoms with E-state index in [-0.39, 0.29) is 12.5 Å². The molecule has 1 atom stereocenters. The summed E-state index contributed by atoms with van der Waals surface area (Å²) >= 11 is 6.06. The lowest BCUT2D eigenvalue weighted by Gasteiger charge is -2.24. The van der Waals surface area contributed by atoms with Crippen LogP contribution >= 0.6 is 11.6 Å². The lowest BCUT2D eigenvalue weighted by molar-refractivity contribution is -0.125. The molecule has 1 aromatic rings. The minimum Gasteiger partial charge on any atom is -0.392 e. The number of hydrogen-bond acceptors (Lipinski definition) is 3. The molecule has 0 spiro atoms. The van der Waals surface area contributed by atoms with E-state index >= 15 is 0 Å². The van der Waals surface area contributed by atoms with Gasteiger partial charge in [0.25, 0.3) is 0 Å². The molecule has 5 heteroatoms. The molecule has 0 aliphatic carbocycles. The number of hydrogen-bond donors (Lipinski definition) is 2. The van der Waals surface area contributed by atoms with E-state index in [0.29, 0.717) is 17.1 Å². The Morgan fingerprint density at radius 1 is 1.61 bits per heavy atom. The van der Waals surface area contributed by atoms with Crippen molar-refractivity contribution in [2.75, 3.05) is 18.0 Å². The number of primary amides is 1. The van der Waals surface area contributed by atoms with Crippen LogP contribution in [0.1, 0.15) is 18.9 Å². The summed E-state index contributed by atoms with van der Waals surface area (Å²) in [6.45, 7) is 3.07. The van der Waals surface area contributed by atoms with E-state index in [4.69, 9.17) is 17.3 Å². The molecule has 1 unspecified atom stereocenters. The van der Waals surface area contributed by atoms with Crippen LogP contribution in [0.3, 0.4) is 0 Å². The van der Waals surface area contributed by atoms with Gasteiger partial charge in [0, 0.05) is 29.4 Å². The van der Waals surface area contributed by atoms with Crippen LogP contribution in [-0.4, -0.2) is 24.1 Å². The fraction of sp³-hybridized carbons (Fsp3) is 0.462. The lowest BCUT2D eigenvalue weighted by atomic mass is 9.89. The van der Waals surface area contributed by atoms with Gasteiger partial charge >= 0.3 is 0 Å². The van der Waals surface area contributed by atoms with Crippen molar-refractivity contribution < 1.29 is 9.90 Å². The van der Waals surface area contributed by atoms with Gasteiger partial charge in [0.05, 0.1) is 12.0 Å². The predicted molar refractivity (Wildman–Crippen MR) is 71.5 cm³/mol. The van der Waals surface area contributed by atoms with Crippen molar-refractivity contribution in [2.45, 2.75) is 20.0 Å². The van der Waals surface area contributed by atoms with Crippen molar-refractivity contribution in [2.24, 2.45) is 11.1 Å². The molecule has 0 bridgehead atoms. The Morgan fingerprint density at radius 3 is 2.89 bits per heavy atom. The number of nitrogens with two attached hydrogens (primary N) is 1. The third kappa shape index (κ3) is 2.18. The van der Waals surface area contributed by atoms with E-state index < -0.39 is 5.41 Å². The summed E-state index contributed by atoms with van der Waals surface area (Å²) in [7, 11) is 0. The summed E-state index contributed by atoms with van der Waals surface area (Å²) in [4.78, 5) is 13.5. The number of benzene rings is 1. The maximum atomic E-state index is 11.4. The van der Waals surface area contributed by atoms with Crippen molar-refractivity contribution >= 4 is 23.2 Å². The first-order valence-electron chi connectivity index (χ1n) is 5.91. The van der Waals surface area contributed by atoms with Gasteiger partial charge in [-0.05, 0) is 25.5 Å². The summed E-state index contributed by atoms with van der Waals surface area (Å²) < 4.78 is 0. The van der Waals surface area contributed by atoms with Crippen molar-refractivity contribution in [3.8, 4) is 0 Å². The van der Waals surface area contributed by atoms with Gasteiger partial charge in [0.1, 0.15) is 0 Å². The van der Waals surface area contributed by atoms with Crippen molar-refractivity contribution in [1.29, 1.82) is 0 Å².